The Morgan fingerprint density at radius 3 is 2.26 bits per heavy atom. The lowest BCUT2D eigenvalue weighted by Gasteiger charge is -2.24. The van der Waals surface area contributed by atoms with Crippen molar-refractivity contribution in [3.8, 4) is 0 Å². The molecule has 1 amide bonds. The molecule has 2 aliphatic heterocycles. The van der Waals surface area contributed by atoms with Crippen molar-refractivity contribution < 1.29 is 23.4 Å². The fourth-order valence-corrected chi connectivity index (χ4v) is 4.69. The molecule has 0 saturated carbocycles. The van der Waals surface area contributed by atoms with Crippen LogP contribution >= 0.6 is 0 Å². The third-order valence-electron chi connectivity index (χ3n) is 6.55. The second kappa shape index (κ2) is 8.64. The molecule has 2 aromatic rings. The number of aryl methyl sites for hydroxylation is 1. The lowest BCUT2D eigenvalue weighted by atomic mass is 9.86. The van der Waals surface area contributed by atoms with Gasteiger partial charge in [0.25, 0.3) is 5.91 Å². The average molecular weight is 479 g/mol. The number of allylic oxidation sites excluding steroid dienone is 1. The Morgan fingerprint density at radius 2 is 1.69 bits per heavy atom. The molecular weight excluding hydrogens is 444 g/mol. The van der Waals surface area contributed by atoms with Crippen molar-refractivity contribution in [1.29, 1.82) is 0 Å². The van der Waals surface area contributed by atoms with Gasteiger partial charge in [-0.2, -0.15) is 0 Å². The van der Waals surface area contributed by atoms with Gasteiger partial charge >= 0.3 is 0 Å². The number of ether oxygens (including phenoxy) is 3. The summed E-state index contributed by atoms with van der Waals surface area (Å²) in [5, 5.41) is 2.83. The third-order valence-corrected chi connectivity index (χ3v) is 6.55. The standard InChI is InChI=1S/C28H34N2O5/c1-16-12-21-22(28(6,7)35-27(21,4)5)14-19(16)13-20-10-11-23(34-20)25(31)29-24(18(3)32-8)26(33-9)30-15-17(30)2/h10-12,14-15H,3,13H2,1-2,4-9H3,(H,29,31)/b26-24-. The molecule has 4 rings (SSSR count). The Morgan fingerprint density at radius 1 is 1.06 bits per heavy atom. The maximum absolute atomic E-state index is 13.0. The molecular formula is C28H34N2O5. The maximum Gasteiger partial charge on any atom is 0.291 e. The SMILES string of the molecule is C=C(OC)/C(NC(=O)c1ccc(Cc2cc3c(cc2C)C(C)(C)OC3(C)C)o1)=C(/OC)N1C=C1C. The van der Waals surface area contributed by atoms with Gasteiger partial charge in [-0.25, -0.2) is 0 Å². The summed E-state index contributed by atoms with van der Waals surface area (Å²) in [5.74, 6) is 1.17. The first-order chi connectivity index (χ1) is 16.4. The summed E-state index contributed by atoms with van der Waals surface area (Å²) in [6, 6.07) is 7.91. The molecule has 0 atom stereocenters. The predicted molar refractivity (Wildman–Crippen MR) is 133 cm³/mol. The molecule has 35 heavy (non-hydrogen) atoms. The van der Waals surface area contributed by atoms with Crippen molar-refractivity contribution in [2.45, 2.75) is 59.2 Å². The number of nitrogens with zero attached hydrogens (tertiary/aromatic N) is 1. The van der Waals surface area contributed by atoms with Crippen LogP contribution in [0.4, 0.5) is 0 Å². The van der Waals surface area contributed by atoms with E-state index >= 15 is 0 Å². The molecule has 0 spiro atoms. The number of fused-ring (bicyclic) bond motifs is 1. The molecule has 0 saturated heterocycles. The number of nitrogens with one attached hydrogen (secondary N) is 1. The van der Waals surface area contributed by atoms with E-state index in [0.29, 0.717) is 23.8 Å². The Hall–Kier alpha value is -3.45. The van der Waals surface area contributed by atoms with Crippen LogP contribution in [0.2, 0.25) is 0 Å². The van der Waals surface area contributed by atoms with E-state index in [4.69, 9.17) is 18.6 Å². The number of amides is 1. The number of hydrogen-bond acceptors (Lipinski definition) is 6. The molecule has 0 fully saturated rings. The first-order valence-electron chi connectivity index (χ1n) is 11.6. The van der Waals surface area contributed by atoms with E-state index in [9.17, 15) is 4.79 Å². The molecule has 7 heteroatoms. The summed E-state index contributed by atoms with van der Waals surface area (Å²) < 4.78 is 23.0. The minimum atomic E-state index is -0.416. The Balaban J connectivity index is 1.56. The number of hydrogen-bond donors (Lipinski definition) is 1. The van der Waals surface area contributed by atoms with Crippen molar-refractivity contribution >= 4 is 5.91 Å². The van der Waals surface area contributed by atoms with Crippen LogP contribution in [-0.4, -0.2) is 25.0 Å². The Bertz CT molecular complexity index is 1260. The summed E-state index contributed by atoms with van der Waals surface area (Å²) in [4.78, 5) is 14.8. The smallest absolute Gasteiger partial charge is 0.291 e. The van der Waals surface area contributed by atoms with Crippen LogP contribution in [0.5, 0.6) is 0 Å². The normalized spacial score (nSPS) is 17.8. The number of rotatable bonds is 8. The molecule has 3 heterocycles. The molecule has 1 aromatic heterocycles. The summed E-state index contributed by atoms with van der Waals surface area (Å²) >= 11 is 0. The van der Waals surface area contributed by atoms with Crippen LogP contribution in [-0.2, 0) is 31.8 Å². The van der Waals surface area contributed by atoms with E-state index in [1.54, 1.807) is 11.0 Å². The van der Waals surface area contributed by atoms with Gasteiger partial charge in [0, 0.05) is 18.3 Å². The lowest BCUT2D eigenvalue weighted by molar-refractivity contribution is -0.105. The Kier molecular flexibility index (Phi) is 6.09. The van der Waals surface area contributed by atoms with E-state index in [2.05, 4.69) is 58.6 Å². The maximum atomic E-state index is 13.0. The topological polar surface area (TPSA) is 72.9 Å². The van der Waals surface area contributed by atoms with Gasteiger partial charge in [0.1, 0.15) is 17.2 Å². The summed E-state index contributed by atoms with van der Waals surface area (Å²) in [7, 11) is 3.02. The van der Waals surface area contributed by atoms with Gasteiger partial charge in [0.2, 0.25) is 5.88 Å². The van der Waals surface area contributed by atoms with E-state index in [1.807, 2.05) is 19.2 Å². The molecule has 7 nitrogen and oxygen atoms in total. The minimum absolute atomic E-state index is 0.191. The van der Waals surface area contributed by atoms with Gasteiger partial charge in [0.15, 0.2) is 5.76 Å². The average Bonchev–Trinajstić information content (AvgIpc) is 3.24. The van der Waals surface area contributed by atoms with Gasteiger partial charge in [-0.15, -0.1) is 0 Å². The molecule has 0 unspecified atom stereocenters. The van der Waals surface area contributed by atoms with Gasteiger partial charge in [0.05, 0.1) is 25.4 Å². The number of carbonyl (C=O) groups excluding carboxylic acids is 1. The largest absolute Gasteiger partial charge is 0.495 e. The fourth-order valence-electron chi connectivity index (χ4n) is 4.69. The van der Waals surface area contributed by atoms with Crippen LogP contribution in [0.15, 0.2) is 64.5 Å². The van der Waals surface area contributed by atoms with Crippen LogP contribution in [0, 0.1) is 6.92 Å². The number of benzene rings is 1. The highest BCUT2D eigenvalue weighted by Crippen LogP contribution is 2.47. The van der Waals surface area contributed by atoms with Crippen molar-refractivity contribution in [2.24, 2.45) is 0 Å². The van der Waals surface area contributed by atoms with E-state index in [0.717, 1.165) is 16.8 Å². The van der Waals surface area contributed by atoms with Gasteiger partial charge in [-0.05, 0) is 75.9 Å². The predicted octanol–water partition coefficient (Wildman–Crippen LogP) is 5.56. The van der Waals surface area contributed by atoms with Crippen LogP contribution < -0.4 is 5.32 Å². The van der Waals surface area contributed by atoms with Gasteiger partial charge in [-0.1, -0.05) is 18.7 Å². The molecule has 186 valence electrons. The van der Waals surface area contributed by atoms with Crippen molar-refractivity contribution in [2.75, 3.05) is 14.2 Å². The van der Waals surface area contributed by atoms with Crippen LogP contribution in [0.25, 0.3) is 0 Å². The Labute approximate surface area is 207 Å². The van der Waals surface area contributed by atoms with Gasteiger partial charge in [-0.3, -0.25) is 9.69 Å². The zero-order valence-corrected chi connectivity index (χ0v) is 21.8. The second-order valence-electron chi connectivity index (χ2n) is 10.00. The first kappa shape index (κ1) is 24.7. The lowest BCUT2D eigenvalue weighted by Crippen LogP contribution is -2.27. The second-order valence-corrected chi connectivity index (χ2v) is 10.00. The first-order valence-corrected chi connectivity index (χ1v) is 11.6. The summed E-state index contributed by atoms with van der Waals surface area (Å²) in [6.07, 6.45) is 2.45. The highest BCUT2D eigenvalue weighted by Gasteiger charge is 2.43. The van der Waals surface area contributed by atoms with Crippen LogP contribution in [0.3, 0.4) is 0 Å². The highest BCUT2D eigenvalue weighted by molar-refractivity contribution is 5.93. The molecule has 0 bridgehead atoms. The number of methoxy groups -OCH3 is 2. The monoisotopic (exact) mass is 478 g/mol. The van der Waals surface area contributed by atoms with E-state index < -0.39 is 5.91 Å². The van der Waals surface area contributed by atoms with Crippen LogP contribution in [0.1, 0.15) is 73.2 Å². The zero-order chi connectivity index (χ0) is 25.7. The zero-order valence-electron chi connectivity index (χ0n) is 21.8. The quantitative estimate of drug-likeness (QED) is 0.396. The number of carbonyl (C=O) groups is 1. The molecule has 0 aliphatic carbocycles. The number of furan rings is 1. The summed E-state index contributed by atoms with van der Waals surface area (Å²) in [5.41, 5.74) is 5.33. The van der Waals surface area contributed by atoms with Crippen molar-refractivity contribution in [1.82, 2.24) is 10.2 Å². The van der Waals surface area contributed by atoms with E-state index in [-0.39, 0.29) is 22.7 Å². The molecule has 1 aromatic carbocycles. The highest BCUT2D eigenvalue weighted by atomic mass is 16.5. The minimum Gasteiger partial charge on any atom is -0.495 e. The fraction of sp³-hybridized carbons (Fsp3) is 0.393. The molecule has 1 N–H and O–H groups in total. The van der Waals surface area contributed by atoms with Gasteiger partial charge < -0.3 is 23.9 Å². The third kappa shape index (κ3) is 4.60. The summed E-state index contributed by atoms with van der Waals surface area (Å²) in [6.45, 7) is 16.3. The molecule has 0 radical (unpaired) electrons. The van der Waals surface area contributed by atoms with Crippen molar-refractivity contribution in [3.63, 3.8) is 0 Å². The van der Waals surface area contributed by atoms with E-state index in [1.165, 1.54) is 25.3 Å². The van der Waals surface area contributed by atoms with Crippen molar-refractivity contribution in [3.05, 3.63) is 93.9 Å². The molecule has 2 aliphatic rings.